The zero-order valence-electron chi connectivity index (χ0n) is 9.67. The number of hydrogen-bond acceptors (Lipinski definition) is 2. The van der Waals surface area contributed by atoms with Crippen LogP contribution in [0.15, 0.2) is 12.1 Å². The third-order valence-corrected chi connectivity index (χ3v) is 2.35. The number of rotatable bonds is 3. The van der Waals surface area contributed by atoms with Crippen LogP contribution >= 0.6 is 0 Å². The van der Waals surface area contributed by atoms with Crippen molar-refractivity contribution >= 4 is 5.91 Å². The van der Waals surface area contributed by atoms with Crippen LogP contribution < -0.4 is 5.32 Å². The summed E-state index contributed by atoms with van der Waals surface area (Å²) in [5, 5.41) is 11.4. The van der Waals surface area contributed by atoms with E-state index in [0.717, 1.165) is 0 Å². The zero-order chi connectivity index (χ0) is 12.3. The Morgan fingerprint density at radius 3 is 2.38 bits per heavy atom. The quantitative estimate of drug-likeness (QED) is 0.820. The fourth-order valence-electron chi connectivity index (χ4n) is 1.43. The van der Waals surface area contributed by atoms with Gasteiger partial charge in [0, 0.05) is 11.6 Å². The summed E-state index contributed by atoms with van der Waals surface area (Å²) >= 11 is 0. The number of nitrogens with one attached hydrogen (secondary N) is 1. The molecule has 3 nitrogen and oxygen atoms in total. The second-order valence-corrected chi connectivity index (χ2v) is 3.98. The Morgan fingerprint density at radius 2 is 1.94 bits per heavy atom. The Bertz CT molecular complexity index is 381. The van der Waals surface area contributed by atoms with Crippen molar-refractivity contribution in [3.63, 3.8) is 0 Å². The smallest absolute Gasteiger partial charge is 0.251 e. The van der Waals surface area contributed by atoms with Crippen LogP contribution in [-0.4, -0.2) is 23.7 Å². The summed E-state index contributed by atoms with van der Waals surface area (Å²) < 4.78 is 13.3. The van der Waals surface area contributed by atoms with Crippen molar-refractivity contribution in [3.05, 3.63) is 34.6 Å². The van der Waals surface area contributed by atoms with Crippen LogP contribution in [0.5, 0.6) is 0 Å². The Balaban J connectivity index is 2.93. The van der Waals surface area contributed by atoms with Crippen LogP contribution in [0.3, 0.4) is 0 Å². The first-order valence-electron chi connectivity index (χ1n) is 5.14. The highest BCUT2D eigenvalue weighted by molar-refractivity contribution is 5.94. The highest BCUT2D eigenvalue weighted by atomic mass is 19.1. The second kappa shape index (κ2) is 5.07. The molecule has 0 heterocycles. The maximum atomic E-state index is 13.3. The third-order valence-electron chi connectivity index (χ3n) is 2.35. The molecule has 0 bridgehead atoms. The maximum Gasteiger partial charge on any atom is 0.251 e. The van der Waals surface area contributed by atoms with E-state index in [9.17, 15) is 9.18 Å². The fourth-order valence-corrected chi connectivity index (χ4v) is 1.43. The van der Waals surface area contributed by atoms with Crippen molar-refractivity contribution < 1.29 is 14.3 Å². The summed E-state index contributed by atoms with van der Waals surface area (Å²) in [6.07, 6.45) is 0. The van der Waals surface area contributed by atoms with Crippen molar-refractivity contribution in [1.29, 1.82) is 0 Å². The van der Waals surface area contributed by atoms with Crippen LogP contribution in [0.1, 0.15) is 28.4 Å². The standard InChI is InChI=1S/C12H16FNO2/c1-7-4-10(5-8(2)11(7)13)12(16)14-9(3)6-15/h4-5,9,15H,6H2,1-3H3,(H,14,16). The van der Waals surface area contributed by atoms with Gasteiger partial charge < -0.3 is 10.4 Å². The number of amides is 1. The third kappa shape index (κ3) is 2.79. The Hall–Kier alpha value is -1.42. The average molecular weight is 225 g/mol. The van der Waals surface area contributed by atoms with E-state index in [0.29, 0.717) is 16.7 Å². The first-order chi connectivity index (χ1) is 7.45. The summed E-state index contributed by atoms with van der Waals surface area (Å²) in [4.78, 5) is 11.7. The van der Waals surface area contributed by atoms with Crippen LogP contribution in [0.25, 0.3) is 0 Å². The van der Waals surface area contributed by atoms with Crippen molar-refractivity contribution in [2.45, 2.75) is 26.8 Å². The van der Waals surface area contributed by atoms with E-state index in [1.54, 1.807) is 20.8 Å². The molecular weight excluding hydrogens is 209 g/mol. The maximum absolute atomic E-state index is 13.3. The summed E-state index contributed by atoms with van der Waals surface area (Å²) in [5.41, 5.74) is 1.31. The lowest BCUT2D eigenvalue weighted by Gasteiger charge is -2.12. The van der Waals surface area contributed by atoms with Crippen LogP contribution in [0.2, 0.25) is 0 Å². The molecule has 0 spiro atoms. The minimum absolute atomic E-state index is 0.120. The van der Waals surface area contributed by atoms with E-state index in [4.69, 9.17) is 5.11 Å². The molecule has 1 amide bonds. The number of benzene rings is 1. The lowest BCUT2D eigenvalue weighted by molar-refractivity contribution is 0.0922. The van der Waals surface area contributed by atoms with Gasteiger partial charge in [-0.15, -0.1) is 0 Å². The Labute approximate surface area is 94.3 Å². The van der Waals surface area contributed by atoms with Gasteiger partial charge in [-0.2, -0.15) is 0 Å². The van der Waals surface area contributed by atoms with E-state index in [-0.39, 0.29) is 24.4 Å². The summed E-state index contributed by atoms with van der Waals surface area (Å²) in [6, 6.07) is 2.70. The molecule has 0 saturated carbocycles. The Morgan fingerprint density at radius 1 is 1.44 bits per heavy atom. The van der Waals surface area contributed by atoms with Gasteiger partial charge >= 0.3 is 0 Å². The van der Waals surface area contributed by atoms with Crippen molar-refractivity contribution in [3.8, 4) is 0 Å². The van der Waals surface area contributed by atoms with Crippen molar-refractivity contribution in [2.24, 2.45) is 0 Å². The Kier molecular flexibility index (Phi) is 4.01. The average Bonchev–Trinajstić information content (AvgIpc) is 2.24. The predicted molar refractivity (Wildman–Crippen MR) is 59.9 cm³/mol. The highest BCUT2D eigenvalue weighted by Gasteiger charge is 2.12. The van der Waals surface area contributed by atoms with E-state index >= 15 is 0 Å². The molecule has 1 unspecified atom stereocenters. The molecule has 1 aromatic carbocycles. The van der Waals surface area contributed by atoms with Crippen molar-refractivity contribution in [1.82, 2.24) is 5.32 Å². The van der Waals surface area contributed by atoms with Gasteiger partial charge in [0.05, 0.1) is 6.61 Å². The minimum atomic E-state index is -0.307. The molecule has 0 aliphatic heterocycles. The van der Waals surface area contributed by atoms with Gasteiger partial charge in [-0.25, -0.2) is 4.39 Å². The van der Waals surface area contributed by atoms with E-state index in [1.807, 2.05) is 0 Å². The van der Waals surface area contributed by atoms with Crippen molar-refractivity contribution in [2.75, 3.05) is 6.61 Å². The van der Waals surface area contributed by atoms with Gasteiger partial charge in [-0.05, 0) is 44.0 Å². The van der Waals surface area contributed by atoms with E-state index in [1.165, 1.54) is 12.1 Å². The normalized spacial score (nSPS) is 12.3. The van der Waals surface area contributed by atoms with E-state index in [2.05, 4.69) is 5.32 Å². The van der Waals surface area contributed by atoms with Crippen LogP contribution in [0.4, 0.5) is 4.39 Å². The molecule has 0 aromatic heterocycles. The van der Waals surface area contributed by atoms with E-state index < -0.39 is 0 Å². The number of halogens is 1. The summed E-state index contributed by atoms with van der Waals surface area (Å²) in [6.45, 7) is 4.81. The fraction of sp³-hybridized carbons (Fsp3) is 0.417. The van der Waals surface area contributed by atoms with Crippen LogP contribution in [-0.2, 0) is 0 Å². The molecule has 1 aromatic rings. The molecule has 1 atom stereocenters. The molecule has 0 aliphatic carbocycles. The summed E-state index contributed by atoms with van der Waals surface area (Å²) in [7, 11) is 0. The van der Waals surface area contributed by atoms with Gasteiger partial charge in [0.25, 0.3) is 5.91 Å². The molecule has 88 valence electrons. The molecule has 1 rings (SSSR count). The number of aryl methyl sites for hydroxylation is 2. The molecule has 0 radical (unpaired) electrons. The topological polar surface area (TPSA) is 49.3 Å². The second-order valence-electron chi connectivity index (χ2n) is 3.98. The van der Waals surface area contributed by atoms with Gasteiger partial charge in [0.1, 0.15) is 5.82 Å². The van der Waals surface area contributed by atoms with Gasteiger partial charge in [0.15, 0.2) is 0 Å². The van der Waals surface area contributed by atoms with Crippen LogP contribution in [0, 0.1) is 19.7 Å². The highest BCUT2D eigenvalue weighted by Crippen LogP contribution is 2.14. The zero-order valence-corrected chi connectivity index (χ0v) is 9.67. The number of aliphatic hydroxyl groups excluding tert-OH is 1. The number of carbonyl (C=O) groups excluding carboxylic acids is 1. The summed E-state index contributed by atoms with van der Waals surface area (Å²) in [5.74, 6) is -0.584. The van der Waals surface area contributed by atoms with Gasteiger partial charge in [0.2, 0.25) is 0 Å². The molecule has 4 heteroatoms. The minimum Gasteiger partial charge on any atom is -0.394 e. The molecule has 0 saturated heterocycles. The number of hydrogen-bond donors (Lipinski definition) is 2. The SMILES string of the molecule is Cc1cc(C(=O)NC(C)CO)cc(C)c1F. The molecule has 16 heavy (non-hydrogen) atoms. The first kappa shape index (κ1) is 12.6. The van der Waals surface area contributed by atoms with Gasteiger partial charge in [-0.3, -0.25) is 4.79 Å². The lowest BCUT2D eigenvalue weighted by Crippen LogP contribution is -2.35. The number of carbonyl (C=O) groups is 1. The molecule has 0 aliphatic rings. The molecule has 2 N–H and O–H groups in total. The lowest BCUT2D eigenvalue weighted by atomic mass is 10.1. The van der Waals surface area contributed by atoms with Gasteiger partial charge in [-0.1, -0.05) is 0 Å². The molecule has 0 fully saturated rings. The monoisotopic (exact) mass is 225 g/mol. The first-order valence-corrected chi connectivity index (χ1v) is 5.14. The number of aliphatic hydroxyl groups is 1. The molecular formula is C12H16FNO2. The largest absolute Gasteiger partial charge is 0.394 e. The predicted octanol–water partition coefficient (Wildman–Crippen LogP) is 1.55.